The Kier molecular flexibility index (Phi) is 6.33. The molecule has 26 heavy (non-hydrogen) atoms. The summed E-state index contributed by atoms with van der Waals surface area (Å²) < 4.78 is 16.2. The lowest BCUT2D eigenvalue weighted by Crippen LogP contribution is -2.48. The van der Waals surface area contributed by atoms with E-state index < -0.39 is 29.8 Å². The highest BCUT2D eigenvalue weighted by atomic mass is 16.6. The largest absolute Gasteiger partial charge is 0.467 e. The fourth-order valence-electron chi connectivity index (χ4n) is 3.31. The number of urea groups is 1. The van der Waals surface area contributed by atoms with Crippen LogP contribution in [0, 0.1) is 5.92 Å². The highest BCUT2D eigenvalue weighted by Gasteiger charge is 2.52. The standard InChI is InChI=1S/C17H29N3O6/c1-6-18-15(22)19-7-8-25-13-11(9-19)10-20(12(13)14(21)24-5)16(23)26-17(2,3)4/h11-13H,6-10H2,1-5H3,(H,18,22)/t11-,12-,13+/m0/s1. The molecule has 0 saturated carbocycles. The maximum Gasteiger partial charge on any atom is 0.411 e. The van der Waals surface area contributed by atoms with Gasteiger partial charge in [-0.25, -0.2) is 14.4 Å². The molecule has 3 amide bonds. The molecule has 0 aromatic carbocycles. The van der Waals surface area contributed by atoms with Gasteiger partial charge in [0.2, 0.25) is 0 Å². The third kappa shape index (κ3) is 4.57. The first-order chi connectivity index (χ1) is 12.2. The number of hydrogen-bond acceptors (Lipinski definition) is 6. The van der Waals surface area contributed by atoms with E-state index in [1.807, 2.05) is 6.92 Å². The minimum atomic E-state index is -0.881. The van der Waals surface area contributed by atoms with Gasteiger partial charge in [0.1, 0.15) is 5.60 Å². The van der Waals surface area contributed by atoms with Crippen LogP contribution >= 0.6 is 0 Å². The molecule has 2 aliphatic rings. The summed E-state index contributed by atoms with van der Waals surface area (Å²) in [7, 11) is 1.28. The lowest BCUT2D eigenvalue weighted by molar-refractivity contribution is -0.150. The minimum Gasteiger partial charge on any atom is -0.467 e. The van der Waals surface area contributed by atoms with Crippen LogP contribution < -0.4 is 5.32 Å². The molecule has 2 rings (SSSR count). The minimum absolute atomic E-state index is 0.179. The van der Waals surface area contributed by atoms with Crippen molar-refractivity contribution in [1.29, 1.82) is 0 Å². The molecule has 2 fully saturated rings. The van der Waals surface area contributed by atoms with Gasteiger partial charge in [0, 0.05) is 32.1 Å². The molecular formula is C17H29N3O6. The van der Waals surface area contributed by atoms with Gasteiger partial charge in [0.05, 0.1) is 19.8 Å². The Morgan fingerprint density at radius 1 is 1.23 bits per heavy atom. The van der Waals surface area contributed by atoms with Crippen LogP contribution in [-0.4, -0.2) is 85.5 Å². The second-order valence-electron chi connectivity index (χ2n) is 7.48. The maximum atomic E-state index is 12.6. The van der Waals surface area contributed by atoms with Gasteiger partial charge in [-0.2, -0.15) is 0 Å². The van der Waals surface area contributed by atoms with Crippen LogP contribution in [-0.2, 0) is 19.0 Å². The number of fused-ring (bicyclic) bond motifs is 1. The average molecular weight is 371 g/mol. The maximum absolute atomic E-state index is 12.6. The Morgan fingerprint density at radius 2 is 1.92 bits per heavy atom. The van der Waals surface area contributed by atoms with Crippen LogP contribution in [0.25, 0.3) is 0 Å². The SMILES string of the molecule is CCNC(=O)N1CCO[C@@H]2[C@@H](C1)CN(C(=O)OC(C)(C)C)[C@@H]2C(=O)OC. The van der Waals surface area contributed by atoms with E-state index in [2.05, 4.69) is 5.32 Å². The molecule has 0 radical (unpaired) electrons. The molecule has 0 unspecified atom stereocenters. The Bertz CT molecular complexity index is 547. The van der Waals surface area contributed by atoms with Crippen LogP contribution in [0.2, 0.25) is 0 Å². The van der Waals surface area contributed by atoms with Crippen LogP contribution in [0.15, 0.2) is 0 Å². The second-order valence-corrected chi connectivity index (χ2v) is 7.48. The molecule has 2 saturated heterocycles. The number of likely N-dealkylation sites (tertiary alicyclic amines) is 1. The number of ether oxygens (including phenoxy) is 3. The number of nitrogens with one attached hydrogen (secondary N) is 1. The van der Waals surface area contributed by atoms with Crippen molar-refractivity contribution in [3.05, 3.63) is 0 Å². The fourth-order valence-corrected chi connectivity index (χ4v) is 3.31. The van der Waals surface area contributed by atoms with E-state index in [0.29, 0.717) is 19.6 Å². The van der Waals surface area contributed by atoms with E-state index in [1.54, 1.807) is 25.7 Å². The quantitative estimate of drug-likeness (QED) is 0.722. The van der Waals surface area contributed by atoms with Gasteiger partial charge < -0.3 is 24.4 Å². The zero-order valence-electron chi connectivity index (χ0n) is 16.1. The van der Waals surface area contributed by atoms with Gasteiger partial charge in [0.15, 0.2) is 6.04 Å². The summed E-state index contributed by atoms with van der Waals surface area (Å²) in [6.45, 7) is 9.03. The summed E-state index contributed by atoms with van der Waals surface area (Å²) in [5, 5.41) is 2.77. The predicted molar refractivity (Wildman–Crippen MR) is 92.6 cm³/mol. The smallest absolute Gasteiger partial charge is 0.411 e. The Morgan fingerprint density at radius 3 is 2.50 bits per heavy atom. The number of nitrogens with zero attached hydrogens (tertiary/aromatic N) is 2. The molecule has 148 valence electrons. The lowest BCUT2D eigenvalue weighted by Gasteiger charge is -2.29. The van der Waals surface area contributed by atoms with E-state index in [-0.39, 0.29) is 25.1 Å². The summed E-state index contributed by atoms with van der Waals surface area (Å²) in [6.07, 6.45) is -1.12. The number of esters is 1. The molecule has 0 spiro atoms. The number of amides is 3. The zero-order chi connectivity index (χ0) is 19.5. The number of hydrogen-bond donors (Lipinski definition) is 1. The highest BCUT2D eigenvalue weighted by Crippen LogP contribution is 2.31. The van der Waals surface area contributed by atoms with E-state index >= 15 is 0 Å². The fraction of sp³-hybridized carbons (Fsp3) is 0.824. The van der Waals surface area contributed by atoms with E-state index in [9.17, 15) is 14.4 Å². The van der Waals surface area contributed by atoms with Crippen molar-refractivity contribution in [2.24, 2.45) is 5.92 Å². The molecule has 9 heteroatoms. The number of methoxy groups -OCH3 is 1. The van der Waals surface area contributed by atoms with E-state index in [0.717, 1.165) is 0 Å². The molecule has 2 heterocycles. The van der Waals surface area contributed by atoms with Gasteiger partial charge >= 0.3 is 18.1 Å². The Labute approximate surface area is 153 Å². The third-order valence-electron chi connectivity index (χ3n) is 4.36. The third-order valence-corrected chi connectivity index (χ3v) is 4.36. The molecule has 3 atom stereocenters. The van der Waals surface area contributed by atoms with E-state index in [4.69, 9.17) is 14.2 Å². The Hall–Kier alpha value is -2.03. The van der Waals surface area contributed by atoms with Crippen LogP contribution in [0.3, 0.4) is 0 Å². The van der Waals surface area contributed by atoms with Crippen LogP contribution in [0.5, 0.6) is 0 Å². The van der Waals surface area contributed by atoms with Gasteiger partial charge in [0.25, 0.3) is 0 Å². The van der Waals surface area contributed by atoms with Crippen molar-refractivity contribution >= 4 is 18.1 Å². The molecule has 0 aliphatic carbocycles. The average Bonchev–Trinajstić information content (AvgIpc) is 2.77. The van der Waals surface area contributed by atoms with Crippen molar-refractivity contribution in [2.75, 3.05) is 39.9 Å². The monoisotopic (exact) mass is 371 g/mol. The lowest BCUT2D eigenvalue weighted by atomic mass is 10.0. The van der Waals surface area contributed by atoms with Crippen molar-refractivity contribution in [2.45, 2.75) is 45.4 Å². The molecule has 2 aliphatic heterocycles. The normalized spacial score (nSPS) is 26.0. The molecule has 9 nitrogen and oxygen atoms in total. The highest BCUT2D eigenvalue weighted by molar-refractivity contribution is 5.83. The first-order valence-corrected chi connectivity index (χ1v) is 8.89. The Balaban J connectivity index is 2.20. The summed E-state index contributed by atoms with van der Waals surface area (Å²) >= 11 is 0. The summed E-state index contributed by atoms with van der Waals surface area (Å²) in [5.41, 5.74) is -0.684. The first kappa shape index (κ1) is 20.3. The van der Waals surface area contributed by atoms with Crippen molar-refractivity contribution in [3.63, 3.8) is 0 Å². The van der Waals surface area contributed by atoms with E-state index in [1.165, 1.54) is 12.0 Å². The van der Waals surface area contributed by atoms with Gasteiger partial charge in [-0.05, 0) is 27.7 Å². The van der Waals surface area contributed by atoms with Gasteiger partial charge in [-0.15, -0.1) is 0 Å². The molecule has 0 aromatic rings. The summed E-state index contributed by atoms with van der Waals surface area (Å²) in [4.78, 5) is 40.1. The predicted octanol–water partition coefficient (Wildman–Crippen LogP) is 0.825. The second kappa shape index (κ2) is 8.11. The summed E-state index contributed by atoms with van der Waals surface area (Å²) in [5.74, 6) is -0.744. The van der Waals surface area contributed by atoms with Crippen molar-refractivity contribution in [3.8, 4) is 0 Å². The van der Waals surface area contributed by atoms with Gasteiger partial charge in [-0.3, -0.25) is 4.90 Å². The summed E-state index contributed by atoms with van der Waals surface area (Å²) in [6, 6.07) is -1.06. The first-order valence-electron chi connectivity index (χ1n) is 8.89. The molecule has 0 aromatic heterocycles. The van der Waals surface area contributed by atoms with Crippen LogP contribution in [0.4, 0.5) is 9.59 Å². The van der Waals surface area contributed by atoms with Crippen molar-refractivity contribution in [1.82, 2.24) is 15.1 Å². The molecule has 1 N–H and O–H groups in total. The topological polar surface area (TPSA) is 97.4 Å². The van der Waals surface area contributed by atoms with Crippen molar-refractivity contribution < 1.29 is 28.6 Å². The number of rotatable bonds is 2. The van der Waals surface area contributed by atoms with Gasteiger partial charge in [-0.1, -0.05) is 0 Å². The van der Waals surface area contributed by atoms with Crippen LogP contribution in [0.1, 0.15) is 27.7 Å². The molecule has 0 bridgehead atoms. The number of carbonyl (C=O) groups is 3. The zero-order valence-corrected chi connectivity index (χ0v) is 16.1. The molecular weight excluding hydrogens is 342 g/mol. The number of carbonyl (C=O) groups excluding carboxylic acids is 3.